The number of hydrogen-bond acceptors (Lipinski definition) is 8. The highest BCUT2D eigenvalue weighted by Gasteiger charge is 2.21. The van der Waals surface area contributed by atoms with Gasteiger partial charge in [-0.15, -0.1) is 0 Å². The van der Waals surface area contributed by atoms with Crippen molar-refractivity contribution in [3.05, 3.63) is 47.2 Å². The maximum absolute atomic E-state index is 13.1. The van der Waals surface area contributed by atoms with Crippen LogP contribution >= 0.6 is 0 Å². The minimum Gasteiger partial charge on any atom is -0.493 e. The van der Waals surface area contributed by atoms with E-state index in [1.54, 1.807) is 43.3 Å². The van der Waals surface area contributed by atoms with Crippen LogP contribution in [0.4, 0.5) is 0 Å². The second kappa shape index (κ2) is 8.81. The fourth-order valence-electron chi connectivity index (χ4n) is 3.06. The summed E-state index contributed by atoms with van der Waals surface area (Å²) < 4.78 is 21.4. The van der Waals surface area contributed by atoms with Gasteiger partial charge in [0.1, 0.15) is 5.82 Å². The number of ether oxygens (including phenoxy) is 3. The topological polar surface area (TPSA) is 99.8 Å². The lowest BCUT2D eigenvalue weighted by molar-refractivity contribution is 0.0782. The zero-order valence-corrected chi connectivity index (χ0v) is 17.8. The molecule has 0 aliphatic carbocycles. The van der Waals surface area contributed by atoms with Gasteiger partial charge in [0, 0.05) is 24.9 Å². The van der Waals surface area contributed by atoms with Crippen molar-refractivity contribution in [2.75, 3.05) is 28.4 Å². The highest BCUT2D eigenvalue weighted by Crippen LogP contribution is 2.38. The number of carbonyl (C=O) groups is 1. The molecule has 158 valence electrons. The van der Waals surface area contributed by atoms with Crippen LogP contribution in [0.2, 0.25) is 0 Å². The molecule has 0 aliphatic rings. The lowest BCUT2D eigenvalue weighted by atomic mass is 10.1. The van der Waals surface area contributed by atoms with E-state index in [2.05, 4.69) is 15.1 Å². The first kappa shape index (κ1) is 21.1. The van der Waals surface area contributed by atoms with Crippen molar-refractivity contribution in [1.82, 2.24) is 20.0 Å². The van der Waals surface area contributed by atoms with Gasteiger partial charge in [0.05, 0.1) is 44.8 Å². The van der Waals surface area contributed by atoms with Crippen molar-refractivity contribution in [3.8, 4) is 28.6 Å². The summed E-state index contributed by atoms with van der Waals surface area (Å²) >= 11 is 0. The smallest absolute Gasteiger partial charge is 0.254 e. The van der Waals surface area contributed by atoms with Gasteiger partial charge in [-0.2, -0.15) is 0 Å². The highest BCUT2D eigenvalue weighted by atomic mass is 16.5. The van der Waals surface area contributed by atoms with Crippen molar-refractivity contribution in [2.24, 2.45) is 0 Å². The lowest BCUT2D eigenvalue weighted by Crippen LogP contribution is -2.27. The Hall–Kier alpha value is -3.62. The monoisotopic (exact) mass is 412 g/mol. The van der Waals surface area contributed by atoms with Crippen LogP contribution < -0.4 is 14.2 Å². The van der Waals surface area contributed by atoms with Crippen LogP contribution in [0.1, 0.15) is 27.6 Å². The summed E-state index contributed by atoms with van der Waals surface area (Å²) in [5, 5.41) is 3.92. The Bertz CT molecular complexity index is 1040. The molecule has 2 aromatic heterocycles. The summed E-state index contributed by atoms with van der Waals surface area (Å²) in [6, 6.07) is 5.04. The third kappa shape index (κ3) is 4.19. The van der Waals surface area contributed by atoms with Gasteiger partial charge in [0.15, 0.2) is 17.3 Å². The number of hydrogen-bond donors (Lipinski definition) is 0. The van der Waals surface area contributed by atoms with Crippen molar-refractivity contribution in [3.63, 3.8) is 0 Å². The van der Waals surface area contributed by atoms with Crippen LogP contribution in [0, 0.1) is 13.8 Å². The van der Waals surface area contributed by atoms with Crippen LogP contribution in [-0.4, -0.2) is 54.3 Å². The third-order valence-electron chi connectivity index (χ3n) is 4.53. The maximum atomic E-state index is 13.1. The second-order valence-electron chi connectivity index (χ2n) is 6.69. The molecule has 3 aromatic rings. The minimum atomic E-state index is -0.231. The molecule has 0 aliphatic heterocycles. The van der Waals surface area contributed by atoms with E-state index in [-0.39, 0.29) is 12.5 Å². The van der Waals surface area contributed by atoms with E-state index in [9.17, 15) is 4.79 Å². The number of carbonyl (C=O) groups excluding carboxylic acids is 1. The molecule has 1 amide bonds. The quantitative estimate of drug-likeness (QED) is 0.584. The predicted octanol–water partition coefficient (Wildman–Crippen LogP) is 3.05. The van der Waals surface area contributed by atoms with Gasteiger partial charge >= 0.3 is 0 Å². The molecule has 0 N–H and O–H groups in total. The Morgan fingerprint density at radius 3 is 2.27 bits per heavy atom. The molecular weight excluding hydrogens is 388 g/mol. The van der Waals surface area contributed by atoms with Gasteiger partial charge in [-0.05, 0) is 26.0 Å². The number of rotatable bonds is 7. The molecule has 0 saturated heterocycles. The maximum Gasteiger partial charge on any atom is 0.254 e. The molecule has 9 heteroatoms. The van der Waals surface area contributed by atoms with E-state index >= 15 is 0 Å². The summed E-state index contributed by atoms with van der Waals surface area (Å²) in [7, 11) is 6.21. The number of benzene rings is 1. The Kier molecular flexibility index (Phi) is 6.20. The third-order valence-corrected chi connectivity index (χ3v) is 4.53. The van der Waals surface area contributed by atoms with E-state index in [0.717, 1.165) is 5.69 Å². The summed E-state index contributed by atoms with van der Waals surface area (Å²) in [5.41, 5.74) is 2.49. The number of methoxy groups -OCH3 is 3. The minimum absolute atomic E-state index is 0.231. The molecule has 0 atom stereocenters. The van der Waals surface area contributed by atoms with Gasteiger partial charge in [0.2, 0.25) is 5.75 Å². The Morgan fingerprint density at radius 2 is 1.73 bits per heavy atom. The van der Waals surface area contributed by atoms with E-state index < -0.39 is 0 Å². The molecule has 0 saturated carbocycles. The van der Waals surface area contributed by atoms with E-state index in [1.807, 2.05) is 6.92 Å². The van der Waals surface area contributed by atoms with Crippen molar-refractivity contribution in [1.29, 1.82) is 0 Å². The molecule has 0 spiro atoms. The van der Waals surface area contributed by atoms with Crippen molar-refractivity contribution in [2.45, 2.75) is 20.4 Å². The molecule has 30 heavy (non-hydrogen) atoms. The summed E-state index contributed by atoms with van der Waals surface area (Å²) in [6.07, 6.45) is 1.68. The fraction of sp³-hybridized carbons (Fsp3) is 0.333. The van der Waals surface area contributed by atoms with Gasteiger partial charge in [-0.3, -0.25) is 4.79 Å². The van der Waals surface area contributed by atoms with E-state index in [4.69, 9.17) is 18.7 Å². The summed E-state index contributed by atoms with van der Waals surface area (Å²) in [5.74, 6) is 2.15. The van der Waals surface area contributed by atoms with Crippen LogP contribution in [0.5, 0.6) is 17.2 Å². The lowest BCUT2D eigenvalue weighted by Gasteiger charge is -2.20. The largest absolute Gasteiger partial charge is 0.493 e. The molecular formula is C21H24N4O5. The molecule has 0 fully saturated rings. The van der Waals surface area contributed by atoms with Crippen LogP contribution in [0.3, 0.4) is 0 Å². The molecule has 0 bridgehead atoms. The summed E-state index contributed by atoms with van der Waals surface area (Å²) in [6.45, 7) is 3.87. The number of aromatic nitrogens is 3. The van der Waals surface area contributed by atoms with Gasteiger partial charge in [-0.1, -0.05) is 5.16 Å². The molecule has 2 heterocycles. The average molecular weight is 412 g/mol. The molecule has 0 unspecified atom stereocenters. The van der Waals surface area contributed by atoms with Crippen molar-refractivity contribution < 1.29 is 23.5 Å². The Labute approximate surface area is 174 Å². The molecule has 0 radical (unpaired) electrons. The van der Waals surface area contributed by atoms with Gasteiger partial charge in [0.25, 0.3) is 5.91 Å². The number of aryl methyl sites for hydroxylation is 2. The average Bonchev–Trinajstić information content (AvgIpc) is 3.17. The van der Waals surface area contributed by atoms with E-state index in [0.29, 0.717) is 45.7 Å². The fourth-order valence-corrected chi connectivity index (χ4v) is 3.06. The zero-order chi connectivity index (χ0) is 21.8. The Morgan fingerprint density at radius 1 is 1.07 bits per heavy atom. The van der Waals surface area contributed by atoms with Gasteiger partial charge < -0.3 is 23.6 Å². The highest BCUT2D eigenvalue weighted by molar-refractivity contribution is 5.95. The predicted molar refractivity (Wildman–Crippen MR) is 109 cm³/mol. The van der Waals surface area contributed by atoms with Crippen LogP contribution in [0.15, 0.2) is 28.9 Å². The number of nitrogens with zero attached hydrogens (tertiary/aromatic N) is 4. The van der Waals surface area contributed by atoms with Crippen molar-refractivity contribution >= 4 is 5.91 Å². The molecule has 1 aromatic carbocycles. The standard InChI is InChI=1S/C21H24N4O5/c1-12-7-17(30-24-12)15-10-22-13(2)23-16(15)11-25(3)21(26)14-8-18(27-4)20(29-6)19(9-14)28-5/h7-10H,11H2,1-6H3. The SMILES string of the molecule is COc1cc(C(=O)N(C)Cc2nc(C)ncc2-c2cc(C)no2)cc(OC)c1OC. The molecule has 3 rings (SSSR count). The first-order valence-corrected chi connectivity index (χ1v) is 9.19. The zero-order valence-electron chi connectivity index (χ0n) is 17.8. The summed E-state index contributed by atoms with van der Waals surface area (Å²) in [4.78, 5) is 23.4. The second-order valence-corrected chi connectivity index (χ2v) is 6.69. The normalized spacial score (nSPS) is 10.6. The molecule has 9 nitrogen and oxygen atoms in total. The van der Waals surface area contributed by atoms with E-state index in [1.165, 1.54) is 21.3 Å². The van der Waals surface area contributed by atoms with Crippen LogP contribution in [-0.2, 0) is 6.54 Å². The number of amides is 1. The van der Waals surface area contributed by atoms with Gasteiger partial charge in [-0.25, -0.2) is 9.97 Å². The Balaban J connectivity index is 1.93. The first-order valence-electron chi connectivity index (χ1n) is 9.19. The first-order chi connectivity index (χ1) is 14.4. The van der Waals surface area contributed by atoms with Crippen LogP contribution in [0.25, 0.3) is 11.3 Å².